The van der Waals surface area contributed by atoms with Crippen LogP contribution >= 0.6 is 12.4 Å². The van der Waals surface area contributed by atoms with Gasteiger partial charge in [0, 0.05) is 32.0 Å². The zero-order chi connectivity index (χ0) is 18.4. The number of hydrogen-bond donors (Lipinski definition) is 2. The molecular weight excluding hydrogens is 364 g/mol. The molecular formula is C20H29ClN4O2. The van der Waals surface area contributed by atoms with Gasteiger partial charge < -0.3 is 15.0 Å². The third-order valence-corrected chi connectivity index (χ3v) is 5.18. The van der Waals surface area contributed by atoms with E-state index >= 15 is 0 Å². The number of nitrogens with one attached hydrogen (secondary N) is 2. The molecule has 0 aliphatic carbocycles. The van der Waals surface area contributed by atoms with E-state index < -0.39 is 5.60 Å². The Hall–Kier alpha value is -1.89. The minimum atomic E-state index is -0.658. The van der Waals surface area contributed by atoms with Crippen LogP contribution in [0.4, 0.5) is 0 Å². The van der Waals surface area contributed by atoms with Crippen molar-refractivity contribution in [2.75, 3.05) is 33.8 Å². The Balaban J connectivity index is 0.00000261. The van der Waals surface area contributed by atoms with Crippen LogP contribution in [0.5, 0.6) is 0 Å². The third-order valence-electron chi connectivity index (χ3n) is 5.18. The van der Waals surface area contributed by atoms with Crippen molar-refractivity contribution in [3.05, 3.63) is 42.1 Å². The molecule has 2 heterocycles. The van der Waals surface area contributed by atoms with Crippen molar-refractivity contribution in [1.29, 1.82) is 0 Å². The molecule has 1 saturated heterocycles. The predicted molar refractivity (Wildman–Crippen MR) is 109 cm³/mol. The number of benzene rings is 1. The minimum Gasteiger partial charge on any atom is -0.368 e. The van der Waals surface area contributed by atoms with E-state index in [2.05, 4.69) is 33.7 Å². The number of aromatic nitrogens is 2. The van der Waals surface area contributed by atoms with E-state index in [0.29, 0.717) is 6.54 Å². The molecule has 148 valence electrons. The first-order chi connectivity index (χ1) is 12.6. The number of methoxy groups -OCH3 is 1. The van der Waals surface area contributed by atoms with Gasteiger partial charge in [-0.15, -0.1) is 12.4 Å². The maximum Gasteiger partial charge on any atom is 0.254 e. The van der Waals surface area contributed by atoms with Crippen LogP contribution in [0.15, 0.2) is 36.4 Å². The molecule has 0 saturated carbocycles. The second-order valence-electron chi connectivity index (χ2n) is 6.92. The number of piperidine rings is 1. The van der Waals surface area contributed by atoms with Gasteiger partial charge in [0.15, 0.2) is 0 Å². The summed E-state index contributed by atoms with van der Waals surface area (Å²) in [6.07, 6.45) is 3.21. The third kappa shape index (κ3) is 5.09. The predicted octanol–water partition coefficient (Wildman–Crippen LogP) is 2.66. The van der Waals surface area contributed by atoms with Crippen molar-refractivity contribution >= 4 is 18.3 Å². The summed E-state index contributed by atoms with van der Waals surface area (Å²) in [6, 6.07) is 12.2. The number of carbonyl (C=O) groups is 1. The highest BCUT2D eigenvalue weighted by atomic mass is 35.5. The molecule has 1 amide bonds. The average molecular weight is 393 g/mol. The molecule has 1 aliphatic heterocycles. The molecule has 3 rings (SSSR count). The first kappa shape index (κ1) is 21.4. The number of hydrogen-bond acceptors (Lipinski definition) is 4. The summed E-state index contributed by atoms with van der Waals surface area (Å²) in [7, 11) is 3.51. The lowest BCUT2D eigenvalue weighted by molar-refractivity contribution is -0.157. The number of halogens is 1. The quantitative estimate of drug-likeness (QED) is 0.760. The van der Waals surface area contributed by atoms with Gasteiger partial charge in [0.1, 0.15) is 5.60 Å². The minimum absolute atomic E-state index is 0. The maximum atomic E-state index is 12.8. The summed E-state index contributed by atoms with van der Waals surface area (Å²) in [5, 5.41) is 10.8. The van der Waals surface area contributed by atoms with E-state index in [1.54, 1.807) is 7.11 Å². The van der Waals surface area contributed by atoms with Crippen LogP contribution in [0.3, 0.4) is 0 Å². The fourth-order valence-corrected chi connectivity index (χ4v) is 3.54. The van der Waals surface area contributed by atoms with Gasteiger partial charge in [0.25, 0.3) is 5.91 Å². The normalized spacial score (nSPS) is 15.8. The Kier molecular flexibility index (Phi) is 7.83. The van der Waals surface area contributed by atoms with E-state index in [0.717, 1.165) is 55.7 Å². The van der Waals surface area contributed by atoms with Gasteiger partial charge in [0.05, 0.1) is 5.69 Å². The highest BCUT2D eigenvalue weighted by Crippen LogP contribution is 2.25. The average Bonchev–Trinajstić information content (AvgIpc) is 3.17. The van der Waals surface area contributed by atoms with Gasteiger partial charge in [-0.3, -0.25) is 9.89 Å². The summed E-state index contributed by atoms with van der Waals surface area (Å²) in [6.45, 7) is 2.35. The van der Waals surface area contributed by atoms with Crippen LogP contribution in [0.1, 0.15) is 25.0 Å². The van der Waals surface area contributed by atoms with Crippen molar-refractivity contribution in [2.24, 2.45) is 0 Å². The van der Waals surface area contributed by atoms with Crippen molar-refractivity contribution in [2.45, 2.75) is 31.3 Å². The van der Waals surface area contributed by atoms with E-state index in [9.17, 15) is 4.79 Å². The van der Waals surface area contributed by atoms with Gasteiger partial charge in [-0.25, -0.2) is 0 Å². The monoisotopic (exact) mass is 392 g/mol. The lowest BCUT2D eigenvalue weighted by Crippen LogP contribution is -2.54. The lowest BCUT2D eigenvalue weighted by atomic mass is 9.90. The van der Waals surface area contributed by atoms with Crippen molar-refractivity contribution in [1.82, 2.24) is 20.4 Å². The van der Waals surface area contributed by atoms with E-state index in [-0.39, 0.29) is 18.3 Å². The number of amides is 1. The van der Waals surface area contributed by atoms with Gasteiger partial charge in [-0.1, -0.05) is 30.3 Å². The SMILES string of the molecule is COC1(C(=O)N(C)CCCc2cc(-c3ccccc3)n[nH]2)CCNCC1.Cl. The first-order valence-corrected chi connectivity index (χ1v) is 9.26. The Morgan fingerprint density at radius 1 is 1.26 bits per heavy atom. The summed E-state index contributed by atoms with van der Waals surface area (Å²) in [5.41, 5.74) is 2.50. The standard InChI is InChI=1S/C20H28N4O2.ClH/c1-24(19(25)20(26-2)10-12-21-13-11-20)14-6-9-17-15-18(23-22-17)16-7-4-3-5-8-16;/h3-5,7-8,15,21H,6,9-14H2,1-2H3,(H,22,23);1H. The molecule has 1 fully saturated rings. The highest BCUT2D eigenvalue weighted by molar-refractivity contribution is 5.85. The number of carbonyl (C=O) groups excluding carboxylic acids is 1. The Bertz CT molecular complexity index is 714. The summed E-state index contributed by atoms with van der Waals surface area (Å²) < 4.78 is 5.63. The Labute approximate surface area is 167 Å². The number of aryl methyl sites for hydroxylation is 1. The van der Waals surface area contributed by atoms with Crippen molar-refractivity contribution in [3.63, 3.8) is 0 Å². The molecule has 2 aromatic rings. The number of rotatable bonds is 7. The zero-order valence-corrected chi connectivity index (χ0v) is 16.8. The fourth-order valence-electron chi connectivity index (χ4n) is 3.54. The molecule has 27 heavy (non-hydrogen) atoms. The smallest absolute Gasteiger partial charge is 0.254 e. The largest absolute Gasteiger partial charge is 0.368 e. The van der Waals surface area contributed by atoms with E-state index in [4.69, 9.17) is 4.74 Å². The second kappa shape index (κ2) is 9.88. The number of aromatic amines is 1. The summed E-state index contributed by atoms with van der Waals surface area (Å²) in [4.78, 5) is 14.6. The summed E-state index contributed by atoms with van der Waals surface area (Å²) >= 11 is 0. The van der Waals surface area contributed by atoms with Gasteiger partial charge >= 0.3 is 0 Å². The molecule has 0 radical (unpaired) electrons. The molecule has 0 unspecified atom stereocenters. The molecule has 6 nitrogen and oxygen atoms in total. The highest BCUT2D eigenvalue weighted by Gasteiger charge is 2.41. The van der Waals surface area contributed by atoms with Gasteiger partial charge in [-0.2, -0.15) is 5.10 Å². The molecule has 1 aromatic heterocycles. The van der Waals surface area contributed by atoms with Crippen LogP contribution in [0.2, 0.25) is 0 Å². The number of H-pyrrole nitrogens is 1. The lowest BCUT2D eigenvalue weighted by Gasteiger charge is -2.37. The molecule has 0 atom stereocenters. The molecule has 7 heteroatoms. The number of nitrogens with zero attached hydrogens (tertiary/aromatic N) is 2. The fraction of sp³-hybridized carbons (Fsp3) is 0.500. The van der Waals surface area contributed by atoms with Crippen LogP contribution in [0.25, 0.3) is 11.3 Å². The molecule has 0 bridgehead atoms. The van der Waals surface area contributed by atoms with Crippen molar-refractivity contribution in [3.8, 4) is 11.3 Å². The number of ether oxygens (including phenoxy) is 1. The van der Waals surface area contributed by atoms with Crippen LogP contribution in [0, 0.1) is 0 Å². The van der Waals surface area contributed by atoms with Crippen LogP contribution < -0.4 is 5.32 Å². The molecule has 2 N–H and O–H groups in total. The summed E-state index contributed by atoms with van der Waals surface area (Å²) in [5.74, 6) is 0.0936. The van der Waals surface area contributed by atoms with Gasteiger partial charge in [-0.05, 0) is 44.8 Å². The molecule has 1 aromatic carbocycles. The second-order valence-corrected chi connectivity index (χ2v) is 6.92. The topological polar surface area (TPSA) is 70.2 Å². The molecule has 0 spiro atoms. The van der Waals surface area contributed by atoms with Crippen LogP contribution in [-0.2, 0) is 16.0 Å². The Morgan fingerprint density at radius 2 is 1.96 bits per heavy atom. The molecule has 1 aliphatic rings. The Morgan fingerprint density at radius 3 is 2.63 bits per heavy atom. The van der Waals surface area contributed by atoms with E-state index in [1.165, 1.54) is 0 Å². The maximum absolute atomic E-state index is 12.8. The van der Waals surface area contributed by atoms with Crippen molar-refractivity contribution < 1.29 is 9.53 Å². The van der Waals surface area contributed by atoms with Crippen LogP contribution in [-0.4, -0.2) is 60.4 Å². The number of likely N-dealkylation sites (N-methyl/N-ethyl adjacent to an activating group) is 1. The van der Waals surface area contributed by atoms with Gasteiger partial charge in [0.2, 0.25) is 0 Å². The first-order valence-electron chi connectivity index (χ1n) is 9.26. The zero-order valence-electron chi connectivity index (χ0n) is 16.0. The van der Waals surface area contributed by atoms with E-state index in [1.807, 2.05) is 30.1 Å².